The van der Waals surface area contributed by atoms with Crippen molar-refractivity contribution in [2.45, 2.75) is 119 Å². The number of allylic oxidation sites excluding steroid dienone is 3. The van der Waals surface area contributed by atoms with Crippen LogP contribution in [0.2, 0.25) is 0 Å². The zero-order valence-corrected chi connectivity index (χ0v) is 25.1. The third-order valence-corrected chi connectivity index (χ3v) is 12.4. The van der Waals surface area contributed by atoms with Crippen molar-refractivity contribution in [3.05, 3.63) is 34.9 Å². The van der Waals surface area contributed by atoms with Crippen LogP contribution in [-0.4, -0.2) is 42.8 Å². The van der Waals surface area contributed by atoms with E-state index in [9.17, 15) is 9.90 Å². The lowest BCUT2D eigenvalue weighted by molar-refractivity contribution is -0.163. The topological polar surface area (TPSA) is 65.0 Å². The molecule has 0 unspecified atom stereocenters. The summed E-state index contributed by atoms with van der Waals surface area (Å²) in [5.74, 6) is 0.812. The standard InChI is InChI=1S/C33H50O5/c1-19-10-12-25(38-29(19)36-9)20(2)24-18-28(37-21(3)34)33(8)23-11-13-26-30(4,5)27(35)15-16-31(26,6)22(23)14-17-32(24,33)7/h10-11,14,20,24-29,35H,12-13,15-18H2,1-9H3/t20-,24+,25-,26-,27-,28-,29-,31+,32+,33+/m0/s1. The highest BCUT2D eigenvalue weighted by Gasteiger charge is 2.68. The Morgan fingerprint density at radius 3 is 2.47 bits per heavy atom. The minimum absolute atomic E-state index is 0.0160. The van der Waals surface area contributed by atoms with E-state index < -0.39 is 0 Å². The second-order valence-electron chi connectivity index (χ2n) is 14.4. The summed E-state index contributed by atoms with van der Waals surface area (Å²) < 4.78 is 18.3. The summed E-state index contributed by atoms with van der Waals surface area (Å²) in [7, 11) is 1.71. The largest absolute Gasteiger partial charge is 0.462 e. The molecule has 0 spiro atoms. The van der Waals surface area contributed by atoms with Crippen molar-refractivity contribution in [2.75, 3.05) is 7.11 Å². The molecule has 1 heterocycles. The first kappa shape index (κ1) is 28.1. The summed E-state index contributed by atoms with van der Waals surface area (Å²) in [6.07, 6.45) is 12.1. The molecule has 5 rings (SSSR count). The summed E-state index contributed by atoms with van der Waals surface area (Å²) in [5, 5.41) is 10.9. The highest BCUT2D eigenvalue weighted by Crippen LogP contribution is 2.72. The Labute approximate surface area is 230 Å². The van der Waals surface area contributed by atoms with Gasteiger partial charge in [0.1, 0.15) is 6.10 Å². The van der Waals surface area contributed by atoms with E-state index in [1.807, 2.05) is 0 Å². The van der Waals surface area contributed by atoms with E-state index in [4.69, 9.17) is 14.2 Å². The first-order valence-corrected chi connectivity index (χ1v) is 14.8. The number of hydrogen-bond acceptors (Lipinski definition) is 5. The highest BCUT2D eigenvalue weighted by atomic mass is 16.7. The van der Waals surface area contributed by atoms with E-state index in [1.165, 1.54) is 11.1 Å². The van der Waals surface area contributed by atoms with Crippen LogP contribution in [0.4, 0.5) is 0 Å². The van der Waals surface area contributed by atoms with Crippen molar-refractivity contribution in [1.29, 1.82) is 0 Å². The fourth-order valence-corrected chi connectivity index (χ4v) is 9.77. The number of rotatable bonds is 4. The van der Waals surface area contributed by atoms with Crippen molar-refractivity contribution in [3.63, 3.8) is 0 Å². The molecule has 10 atom stereocenters. The maximum absolute atomic E-state index is 12.5. The average Bonchev–Trinajstić information content (AvgIpc) is 3.08. The molecule has 0 radical (unpaired) electrons. The molecule has 5 heteroatoms. The molecular formula is C33H50O5. The molecule has 5 aliphatic rings. The van der Waals surface area contributed by atoms with Crippen molar-refractivity contribution in [1.82, 2.24) is 0 Å². The molecule has 212 valence electrons. The van der Waals surface area contributed by atoms with Gasteiger partial charge < -0.3 is 19.3 Å². The molecule has 5 nitrogen and oxygen atoms in total. The van der Waals surface area contributed by atoms with Gasteiger partial charge in [-0.25, -0.2) is 0 Å². The predicted octanol–water partition coefficient (Wildman–Crippen LogP) is 6.76. The Bertz CT molecular complexity index is 1070. The number of fused-ring (bicyclic) bond motifs is 5. The van der Waals surface area contributed by atoms with Gasteiger partial charge in [-0.05, 0) is 96.2 Å². The maximum Gasteiger partial charge on any atom is 0.302 e. The van der Waals surface area contributed by atoms with Crippen LogP contribution < -0.4 is 0 Å². The number of carbonyl (C=O) groups is 1. The Kier molecular flexibility index (Phi) is 6.89. The van der Waals surface area contributed by atoms with Gasteiger partial charge in [0, 0.05) is 19.4 Å². The van der Waals surface area contributed by atoms with Crippen LogP contribution >= 0.6 is 0 Å². The normalized spacial score (nSPS) is 46.5. The van der Waals surface area contributed by atoms with Crippen LogP contribution in [0.3, 0.4) is 0 Å². The van der Waals surface area contributed by atoms with Crippen molar-refractivity contribution in [3.8, 4) is 0 Å². The summed E-state index contributed by atoms with van der Waals surface area (Å²) in [5.41, 5.74) is 3.51. The number of esters is 1. The Morgan fingerprint density at radius 1 is 1.11 bits per heavy atom. The van der Waals surface area contributed by atoms with Crippen molar-refractivity contribution in [2.24, 2.45) is 39.4 Å². The number of aliphatic hydroxyl groups excluding tert-OH is 1. The monoisotopic (exact) mass is 526 g/mol. The lowest BCUT2D eigenvalue weighted by Crippen LogP contribution is -2.56. The molecule has 0 amide bonds. The first-order valence-electron chi connectivity index (χ1n) is 14.8. The molecule has 0 aromatic heterocycles. The maximum atomic E-state index is 12.5. The van der Waals surface area contributed by atoms with E-state index >= 15 is 0 Å². The predicted molar refractivity (Wildman–Crippen MR) is 149 cm³/mol. The van der Waals surface area contributed by atoms with Crippen molar-refractivity contribution >= 4 is 5.97 Å². The van der Waals surface area contributed by atoms with Crippen LogP contribution in [-0.2, 0) is 19.0 Å². The summed E-state index contributed by atoms with van der Waals surface area (Å²) in [4.78, 5) is 12.5. The summed E-state index contributed by atoms with van der Waals surface area (Å²) in [6, 6.07) is 0. The molecule has 38 heavy (non-hydrogen) atoms. The van der Waals surface area contributed by atoms with E-state index in [1.54, 1.807) is 14.0 Å². The van der Waals surface area contributed by atoms with Gasteiger partial charge in [0.15, 0.2) is 6.29 Å². The van der Waals surface area contributed by atoms with Gasteiger partial charge >= 0.3 is 5.97 Å². The van der Waals surface area contributed by atoms with Gasteiger partial charge in [-0.1, -0.05) is 59.8 Å². The Balaban J connectivity index is 1.56. The van der Waals surface area contributed by atoms with Crippen LogP contribution in [0, 0.1) is 39.4 Å². The van der Waals surface area contributed by atoms with E-state index in [0.717, 1.165) is 44.1 Å². The molecule has 4 aliphatic carbocycles. The molecule has 0 aromatic rings. The van der Waals surface area contributed by atoms with Gasteiger partial charge in [0.25, 0.3) is 0 Å². The Hall–Kier alpha value is -1.43. The second-order valence-corrected chi connectivity index (χ2v) is 14.4. The van der Waals surface area contributed by atoms with Crippen LogP contribution in [0.15, 0.2) is 34.9 Å². The zero-order chi connectivity index (χ0) is 27.8. The fraction of sp³-hybridized carbons (Fsp3) is 0.788. The lowest BCUT2D eigenvalue weighted by Gasteiger charge is -2.61. The van der Waals surface area contributed by atoms with Gasteiger partial charge in [-0.15, -0.1) is 0 Å². The van der Waals surface area contributed by atoms with Crippen LogP contribution in [0.1, 0.15) is 93.9 Å². The quantitative estimate of drug-likeness (QED) is 0.324. The molecule has 0 aromatic carbocycles. The van der Waals surface area contributed by atoms with Crippen LogP contribution in [0.25, 0.3) is 0 Å². The highest BCUT2D eigenvalue weighted by molar-refractivity contribution is 5.66. The number of aliphatic hydroxyl groups is 1. The third kappa shape index (κ3) is 3.78. The number of methoxy groups -OCH3 is 1. The minimum Gasteiger partial charge on any atom is -0.462 e. The van der Waals surface area contributed by atoms with Crippen LogP contribution in [0.5, 0.6) is 0 Å². The second kappa shape index (κ2) is 9.31. The smallest absolute Gasteiger partial charge is 0.302 e. The molecule has 1 aliphatic heterocycles. The fourth-order valence-electron chi connectivity index (χ4n) is 9.77. The summed E-state index contributed by atoms with van der Waals surface area (Å²) in [6.45, 7) is 17.7. The van der Waals surface area contributed by atoms with E-state index in [2.05, 4.69) is 66.7 Å². The SMILES string of the molecule is CO[C@H]1O[C@H]([C@@H](C)[C@H]2C[C@H](OC(C)=O)[C@@]3(C)C4=CC[C@H]5C(C)(C)[C@@H](O)CC[C@]5(C)C4=CC[C@]23C)CC=C1C. The number of ether oxygens (including phenoxy) is 3. The van der Waals surface area contributed by atoms with Gasteiger partial charge in [0.05, 0.1) is 12.2 Å². The molecule has 0 bridgehead atoms. The first-order chi connectivity index (χ1) is 17.7. The molecule has 0 saturated heterocycles. The number of carbonyl (C=O) groups excluding carboxylic acids is 1. The van der Waals surface area contributed by atoms with Gasteiger partial charge in [-0.2, -0.15) is 0 Å². The van der Waals surface area contributed by atoms with E-state index in [0.29, 0.717) is 11.8 Å². The molecule has 2 fully saturated rings. The Morgan fingerprint density at radius 2 is 1.82 bits per heavy atom. The minimum atomic E-state index is -0.290. The molecular weight excluding hydrogens is 476 g/mol. The molecule has 1 N–H and O–H groups in total. The third-order valence-electron chi connectivity index (χ3n) is 12.4. The number of hydrogen-bond donors (Lipinski definition) is 1. The summed E-state index contributed by atoms with van der Waals surface area (Å²) >= 11 is 0. The zero-order valence-electron chi connectivity index (χ0n) is 25.1. The van der Waals surface area contributed by atoms with Crippen molar-refractivity contribution < 1.29 is 24.1 Å². The van der Waals surface area contributed by atoms with Gasteiger partial charge in [0.2, 0.25) is 0 Å². The van der Waals surface area contributed by atoms with Gasteiger partial charge in [-0.3, -0.25) is 4.79 Å². The lowest BCUT2D eigenvalue weighted by atomic mass is 9.44. The van der Waals surface area contributed by atoms with E-state index in [-0.39, 0.29) is 58.1 Å². The molecule has 2 saturated carbocycles. The average molecular weight is 527 g/mol.